The molecule has 4 aromatic rings. The smallest absolute Gasteiger partial charge is 0.407 e. The molecule has 5 heterocycles. The molecular formula is C25H27N7O3S. The highest BCUT2D eigenvalue weighted by atomic mass is 32.1. The predicted octanol–water partition coefficient (Wildman–Crippen LogP) is 4.87. The molecular weight excluding hydrogens is 478 g/mol. The van der Waals surface area contributed by atoms with Crippen molar-refractivity contribution in [3.63, 3.8) is 0 Å². The Morgan fingerprint density at radius 3 is 2.69 bits per heavy atom. The minimum atomic E-state index is -0.856. The molecule has 1 amide bonds. The SMILES string of the molecule is O=C(O)N1CCC(Nc2ccc(-c3ccc(-c4cnn(C5CCCCO5)c4)c4ncsc34)nn2)CC1. The van der Waals surface area contributed by atoms with Crippen LogP contribution in [0, 0.1) is 0 Å². The molecule has 10 nitrogen and oxygen atoms in total. The molecule has 36 heavy (non-hydrogen) atoms. The summed E-state index contributed by atoms with van der Waals surface area (Å²) < 4.78 is 8.86. The van der Waals surface area contributed by atoms with E-state index in [0.29, 0.717) is 18.9 Å². The van der Waals surface area contributed by atoms with E-state index in [4.69, 9.17) is 9.84 Å². The van der Waals surface area contributed by atoms with Gasteiger partial charge in [-0.3, -0.25) is 0 Å². The average molecular weight is 506 g/mol. The minimum Gasteiger partial charge on any atom is -0.465 e. The molecule has 0 spiro atoms. The number of nitrogens with zero attached hydrogens (tertiary/aromatic N) is 6. The maximum atomic E-state index is 11.1. The van der Waals surface area contributed by atoms with Crippen molar-refractivity contribution in [3.8, 4) is 22.4 Å². The van der Waals surface area contributed by atoms with Crippen molar-refractivity contribution in [3.05, 3.63) is 42.2 Å². The number of rotatable bonds is 5. The molecule has 1 aromatic carbocycles. The molecule has 186 valence electrons. The first-order valence-electron chi connectivity index (χ1n) is 12.3. The van der Waals surface area contributed by atoms with Crippen molar-refractivity contribution in [2.45, 2.75) is 44.4 Å². The highest BCUT2D eigenvalue weighted by Crippen LogP contribution is 2.37. The van der Waals surface area contributed by atoms with Gasteiger partial charge >= 0.3 is 6.09 Å². The number of amides is 1. The van der Waals surface area contributed by atoms with E-state index in [9.17, 15) is 4.79 Å². The van der Waals surface area contributed by atoms with Gasteiger partial charge in [-0.05, 0) is 44.2 Å². The summed E-state index contributed by atoms with van der Waals surface area (Å²) in [5, 5.41) is 26.0. The lowest BCUT2D eigenvalue weighted by atomic mass is 10.0. The number of piperidine rings is 1. The van der Waals surface area contributed by atoms with Crippen molar-refractivity contribution >= 4 is 33.5 Å². The lowest BCUT2D eigenvalue weighted by Gasteiger charge is -2.30. The Kier molecular flexibility index (Phi) is 6.24. The van der Waals surface area contributed by atoms with Gasteiger partial charge in [0.15, 0.2) is 0 Å². The molecule has 1 atom stereocenters. The summed E-state index contributed by atoms with van der Waals surface area (Å²) in [6.45, 7) is 1.84. The van der Waals surface area contributed by atoms with Crippen LogP contribution in [0.4, 0.5) is 10.6 Å². The number of carboxylic acid groups (broad SMARTS) is 1. The number of hydrogen-bond donors (Lipinski definition) is 2. The zero-order chi connectivity index (χ0) is 24.5. The monoisotopic (exact) mass is 505 g/mol. The van der Waals surface area contributed by atoms with E-state index in [1.807, 2.05) is 34.7 Å². The number of likely N-dealkylation sites (tertiary alicyclic amines) is 1. The summed E-state index contributed by atoms with van der Waals surface area (Å²) in [6.07, 6.45) is 7.83. The molecule has 2 saturated heterocycles. The maximum absolute atomic E-state index is 11.1. The van der Waals surface area contributed by atoms with Gasteiger partial charge in [0, 0.05) is 48.6 Å². The normalized spacial score (nSPS) is 19.0. The van der Waals surface area contributed by atoms with E-state index in [-0.39, 0.29) is 12.3 Å². The second-order valence-corrected chi connectivity index (χ2v) is 10.1. The topological polar surface area (TPSA) is 118 Å². The van der Waals surface area contributed by atoms with Gasteiger partial charge in [-0.2, -0.15) is 5.10 Å². The quantitative estimate of drug-likeness (QED) is 0.394. The van der Waals surface area contributed by atoms with Gasteiger partial charge < -0.3 is 20.1 Å². The Balaban J connectivity index is 1.20. The molecule has 2 aliphatic heterocycles. The Morgan fingerprint density at radius 2 is 1.94 bits per heavy atom. The van der Waals surface area contributed by atoms with Gasteiger partial charge in [0.2, 0.25) is 0 Å². The first-order chi connectivity index (χ1) is 17.7. The van der Waals surface area contributed by atoms with Crippen LogP contribution in [-0.4, -0.2) is 66.8 Å². The number of thiazole rings is 1. The first kappa shape index (κ1) is 22.9. The number of aromatic nitrogens is 5. The van der Waals surface area contributed by atoms with Crippen LogP contribution in [0.1, 0.15) is 38.3 Å². The van der Waals surface area contributed by atoms with Gasteiger partial charge in [0.25, 0.3) is 0 Å². The van der Waals surface area contributed by atoms with Crippen LogP contribution < -0.4 is 5.32 Å². The molecule has 11 heteroatoms. The van der Waals surface area contributed by atoms with Crippen LogP contribution in [0.25, 0.3) is 32.6 Å². The molecule has 0 saturated carbocycles. The number of anilines is 1. The zero-order valence-electron chi connectivity index (χ0n) is 19.7. The largest absolute Gasteiger partial charge is 0.465 e. The van der Waals surface area contributed by atoms with Crippen LogP contribution in [0.5, 0.6) is 0 Å². The molecule has 2 aliphatic rings. The second kappa shape index (κ2) is 9.82. The second-order valence-electron chi connectivity index (χ2n) is 9.21. The van der Waals surface area contributed by atoms with Crippen molar-refractivity contribution < 1.29 is 14.6 Å². The molecule has 0 radical (unpaired) electrons. The summed E-state index contributed by atoms with van der Waals surface area (Å²) >= 11 is 1.59. The van der Waals surface area contributed by atoms with Crippen molar-refractivity contribution in [1.29, 1.82) is 0 Å². The van der Waals surface area contributed by atoms with E-state index >= 15 is 0 Å². The number of fused-ring (bicyclic) bond motifs is 1. The summed E-state index contributed by atoms with van der Waals surface area (Å²) in [4.78, 5) is 17.2. The maximum Gasteiger partial charge on any atom is 0.407 e. The van der Waals surface area contributed by atoms with E-state index in [2.05, 4.69) is 37.7 Å². The fourth-order valence-electron chi connectivity index (χ4n) is 4.93. The van der Waals surface area contributed by atoms with Gasteiger partial charge in [0.1, 0.15) is 12.0 Å². The third-order valence-electron chi connectivity index (χ3n) is 6.91. The summed E-state index contributed by atoms with van der Waals surface area (Å²) in [5.41, 5.74) is 6.62. The van der Waals surface area contributed by atoms with Crippen LogP contribution in [-0.2, 0) is 4.74 Å². The van der Waals surface area contributed by atoms with Gasteiger partial charge in [-0.1, -0.05) is 12.1 Å². The highest BCUT2D eigenvalue weighted by molar-refractivity contribution is 7.17. The van der Waals surface area contributed by atoms with Crippen LogP contribution in [0.2, 0.25) is 0 Å². The van der Waals surface area contributed by atoms with Crippen molar-refractivity contribution in [1.82, 2.24) is 29.9 Å². The zero-order valence-corrected chi connectivity index (χ0v) is 20.5. The van der Waals surface area contributed by atoms with Crippen LogP contribution in [0.15, 0.2) is 42.2 Å². The molecule has 3 aromatic heterocycles. The molecule has 1 unspecified atom stereocenters. The number of benzene rings is 1. The minimum absolute atomic E-state index is 0.00446. The summed E-state index contributed by atoms with van der Waals surface area (Å²) in [6, 6.07) is 8.23. The number of nitrogens with one attached hydrogen (secondary N) is 1. The Hall–Kier alpha value is -3.57. The molecule has 0 aliphatic carbocycles. The van der Waals surface area contributed by atoms with E-state index in [1.54, 1.807) is 11.3 Å². The standard InChI is InChI=1S/C25H27N7O3S/c33-25(34)31-10-8-17(9-11-31)28-21-7-6-20(29-30-21)19-5-4-18(23-24(19)36-15-26-23)16-13-27-32(14-16)22-3-1-2-12-35-22/h4-7,13-15,17,22H,1-3,8-12H2,(H,28,30)(H,33,34). The van der Waals surface area contributed by atoms with Gasteiger partial charge in [0.05, 0.1) is 27.6 Å². The highest BCUT2D eigenvalue weighted by Gasteiger charge is 2.23. The van der Waals surface area contributed by atoms with Gasteiger partial charge in [-0.25, -0.2) is 14.5 Å². The van der Waals surface area contributed by atoms with E-state index in [1.165, 1.54) is 4.90 Å². The van der Waals surface area contributed by atoms with Crippen LogP contribution >= 0.6 is 11.3 Å². The van der Waals surface area contributed by atoms with E-state index < -0.39 is 6.09 Å². The first-order valence-corrected chi connectivity index (χ1v) is 13.1. The summed E-state index contributed by atoms with van der Waals surface area (Å²) in [5.74, 6) is 0.696. The Labute approximate surface area is 211 Å². The van der Waals surface area contributed by atoms with Crippen LogP contribution in [0.3, 0.4) is 0 Å². The molecule has 6 rings (SSSR count). The summed E-state index contributed by atoms with van der Waals surface area (Å²) in [7, 11) is 0. The molecule has 2 N–H and O–H groups in total. The third-order valence-corrected chi connectivity index (χ3v) is 7.76. The number of hydrogen-bond acceptors (Lipinski definition) is 8. The molecule has 2 fully saturated rings. The average Bonchev–Trinajstić information content (AvgIpc) is 3.60. The number of ether oxygens (including phenoxy) is 1. The fraction of sp³-hybridized carbons (Fsp3) is 0.400. The van der Waals surface area contributed by atoms with Crippen molar-refractivity contribution in [2.24, 2.45) is 0 Å². The lowest BCUT2D eigenvalue weighted by Crippen LogP contribution is -2.41. The third kappa shape index (κ3) is 4.51. The van der Waals surface area contributed by atoms with E-state index in [0.717, 1.165) is 71.3 Å². The van der Waals surface area contributed by atoms with Crippen molar-refractivity contribution in [2.75, 3.05) is 25.0 Å². The predicted molar refractivity (Wildman–Crippen MR) is 137 cm³/mol. The molecule has 0 bridgehead atoms. The lowest BCUT2D eigenvalue weighted by molar-refractivity contribution is -0.0394. The Bertz CT molecular complexity index is 1360. The van der Waals surface area contributed by atoms with Gasteiger partial charge in [-0.15, -0.1) is 21.5 Å². The Morgan fingerprint density at radius 1 is 1.08 bits per heavy atom. The number of carbonyl (C=O) groups is 1. The fourth-order valence-corrected chi connectivity index (χ4v) is 5.77.